The SMILES string of the molecule is CC(C)(C)OC(=O)CN1CCCN(C(=O)OCc2ccccc2)CC1. The van der Waals surface area contributed by atoms with E-state index in [4.69, 9.17) is 9.47 Å². The highest BCUT2D eigenvalue weighted by molar-refractivity contribution is 5.72. The van der Waals surface area contributed by atoms with Crippen molar-refractivity contribution in [2.75, 3.05) is 32.7 Å². The maximum absolute atomic E-state index is 12.2. The van der Waals surface area contributed by atoms with Gasteiger partial charge in [-0.25, -0.2) is 4.79 Å². The van der Waals surface area contributed by atoms with Gasteiger partial charge in [-0.3, -0.25) is 9.69 Å². The minimum absolute atomic E-state index is 0.229. The van der Waals surface area contributed by atoms with E-state index in [1.54, 1.807) is 4.90 Å². The van der Waals surface area contributed by atoms with E-state index >= 15 is 0 Å². The monoisotopic (exact) mass is 348 g/mol. The molecule has 0 atom stereocenters. The molecule has 1 aromatic rings. The fourth-order valence-electron chi connectivity index (χ4n) is 2.68. The number of esters is 1. The summed E-state index contributed by atoms with van der Waals surface area (Å²) in [6.07, 6.45) is 0.506. The highest BCUT2D eigenvalue weighted by Gasteiger charge is 2.23. The van der Waals surface area contributed by atoms with Gasteiger partial charge in [0.15, 0.2) is 0 Å². The second kappa shape index (κ2) is 8.85. The molecular formula is C19H28N2O4. The number of ether oxygens (including phenoxy) is 2. The molecule has 1 aromatic carbocycles. The molecule has 1 heterocycles. The maximum atomic E-state index is 12.2. The topological polar surface area (TPSA) is 59.1 Å². The first-order valence-electron chi connectivity index (χ1n) is 8.73. The molecule has 0 aromatic heterocycles. The average Bonchev–Trinajstić information content (AvgIpc) is 2.77. The fraction of sp³-hybridized carbons (Fsp3) is 0.579. The summed E-state index contributed by atoms with van der Waals surface area (Å²) in [5, 5.41) is 0. The fourth-order valence-corrected chi connectivity index (χ4v) is 2.68. The van der Waals surface area contributed by atoms with Crippen molar-refractivity contribution in [3.8, 4) is 0 Å². The van der Waals surface area contributed by atoms with Crippen LogP contribution in [0.2, 0.25) is 0 Å². The van der Waals surface area contributed by atoms with E-state index in [0.717, 1.165) is 18.5 Å². The van der Waals surface area contributed by atoms with Gasteiger partial charge in [0.2, 0.25) is 0 Å². The van der Waals surface area contributed by atoms with E-state index in [-0.39, 0.29) is 25.2 Å². The van der Waals surface area contributed by atoms with Crippen molar-refractivity contribution in [1.29, 1.82) is 0 Å². The van der Waals surface area contributed by atoms with Gasteiger partial charge in [0.05, 0.1) is 6.54 Å². The molecule has 1 fully saturated rings. The number of amides is 1. The normalized spacial score (nSPS) is 16.2. The summed E-state index contributed by atoms with van der Waals surface area (Å²) < 4.78 is 10.7. The largest absolute Gasteiger partial charge is 0.459 e. The molecule has 0 radical (unpaired) electrons. The molecule has 0 saturated carbocycles. The summed E-state index contributed by atoms with van der Waals surface area (Å²) in [4.78, 5) is 27.9. The lowest BCUT2D eigenvalue weighted by Gasteiger charge is -2.24. The van der Waals surface area contributed by atoms with Gasteiger partial charge >= 0.3 is 12.1 Å². The van der Waals surface area contributed by atoms with E-state index in [1.807, 2.05) is 56.0 Å². The lowest BCUT2D eigenvalue weighted by atomic mass is 10.2. The van der Waals surface area contributed by atoms with Crippen LogP contribution < -0.4 is 0 Å². The molecule has 25 heavy (non-hydrogen) atoms. The smallest absolute Gasteiger partial charge is 0.410 e. The number of carbonyl (C=O) groups is 2. The second-order valence-electron chi connectivity index (χ2n) is 7.24. The van der Waals surface area contributed by atoms with Gasteiger partial charge in [0, 0.05) is 26.2 Å². The van der Waals surface area contributed by atoms with Crippen LogP contribution in [0, 0.1) is 0 Å². The Labute approximate surface area is 149 Å². The highest BCUT2D eigenvalue weighted by Crippen LogP contribution is 2.10. The zero-order valence-corrected chi connectivity index (χ0v) is 15.4. The van der Waals surface area contributed by atoms with Crippen LogP contribution in [-0.4, -0.2) is 60.2 Å². The molecule has 0 spiro atoms. The molecular weight excluding hydrogens is 320 g/mol. The van der Waals surface area contributed by atoms with Crippen LogP contribution in [0.15, 0.2) is 30.3 Å². The summed E-state index contributed by atoms with van der Waals surface area (Å²) in [6, 6.07) is 9.63. The summed E-state index contributed by atoms with van der Waals surface area (Å²) in [5.74, 6) is -0.229. The van der Waals surface area contributed by atoms with Crippen molar-refractivity contribution in [3.63, 3.8) is 0 Å². The van der Waals surface area contributed by atoms with Crippen molar-refractivity contribution < 1.29 is 19.1 Å². The summed E-state index contributed by atoms with van der Waals surface area (Å²) in [6.45, 7) is 8.70. The summed E-state index contributed by atoms with van der Waals surface area (Å²) in [5.41, 5.74) is 0.494. The molecule has 6 heteroatoms. The van der Waals surface area contributed by atoms with Crippen molar-refractivity contribution >= 4 is 12.1 Å². The molecule has 6 nitrogen and oxygen atoms in total. The standard InChI is InChI=1S/C19H28N2O4/c1-19(2,3)25-17(22)14-20-10-7-11-21(13-12-20)18(23)24-15-16-8-5-4-6-9-16/h4-6,8-9H,7,10-15H2,1-3H3. The van der Waals surface area contributed by atoms with E-state index < -0.39 is 5.60 Å². The first-order chi connectivity index (χ1) is 11.8. The van der Waals surface area contributed by atoms with Crippen LogP contribution in [0.4, 0.5) is 4.79 Å². The van der Waals surface area contributed by atoms with Gasteiger partial charge in [0.1, 0.15) is 12.2 Å². The third-order valence-electron chi connectivity index (χ3n) is 3.82. The van der Waals surface area contributed by atoms with Gasteiger partial charge < -0.3 is 14.4 Å². The molecule has 1 aliphatic rings. The average molecular weight is 348 g/mol. The first kappa shape index (κ1) is 19.2. The molecule has 1 amide bonds. The van der Waals surface area contributed by atoms with Crippen LogP contribution in [0.3, 0.4) is 0 Å². The van der Waals surface area contributed by atoms with Gasteiger partial charge in [-0.1, -0.05) is 30.3 Å². The first-order valence-corrected chi connectivity index (χ1v) is 8.73. The quantitative estimate of drug-likeness (QED) is 0.783. The molecule has 1 aliphatic heterocycles. The Bertz CT molecular complexity index is 569. The molecule has 0 bridgehead atoms. The van der Waals surface area contributed by atoms with Crippen LogP contribution in [0.5, 0.6) is 0 Å². The van der Waals surface area contributed by atoms with Crippen LogP contribution in [0.25, 0.3) is 0 Å². The van der Waals surface area contributed by atoms with Crippen molar-refractivity contribution in [2.24, 2.45) is 0 Å². The summed E-state index contributed by atoms with van der Waals surface area (Å²) in [7, 11) is 0. The minimum atomic E-state index is -0.476. The molecule has 2 rings (SSSR count). The zero-order valence-electron chi connectivity index (χ0n) is 15.4. The zero-order chi connectivity index (χ0) is 18.3. The number of hydrogen-bond donors (Lipinski definition) is 0. The Balaban J connectivity index is 1.76. The third kappa shape index (κ3) is 7.13. The Hall–Kier alpha value is -2.08. The Morgan fingerprint density at radius 3 is 2.44 bits per heavy atom. The predicted molar refractivity (Wildman–Crippen MR) is 95.1 cm³/mol. The van der Waals surface area contributed by atoms with Crippen LogP contribution in [0.1, 0.15) is 32.8 Å². The van der Waals surface area contributed by atoms with Gasteiger partial charge in [-0.15, -0.1) is 0 Å². The van der Waals surface area contributed by atoms with Gasteiger partial charge in [-0.05, 0) is 32.8 Å². The highest BCUT2D eigenvalue weighted by atomic mass is 16.6. The Kier molecular flexibility index (Phi) is 6.82. The van der Waals surface area contributed by atoms with E-state index in [9.17, 15) is 9.59 Å². The van der Waals surface area contributed by atoms with Crippen molar-refractivity contribution in [2.45, 2.75) is 39.4 Å². The van der Waals surface area contributed by atoms with Crippen LogP contribution >= 0.6 is 0 Å². The van der Waals surface area contributed by atoms with Gasteiger partial charge in [0.25, 0.3) is 0 Å². The van der Waals surface area contributed by atoms with E-state index in [0.29, 0.717) is 19.6 Å². The number of carbonyl (C=O) groups excluding carboxylic acids is 2. The van der Waals surface area contributed by atoms with Crippen molar-refractivity contribution in [1.82, 2.24) is 9.80 Å². The van der Waals surface area contributed by atoms with Crippen LogP contribution in [-0.2, 0) is 20.9 Å². The van der Waals surface area contributed by atoms with Gasteiger partial charge in [-0.2, -0.15) is 0 Å². The molecule has 1 saturated heterocycles. The summed E-state index contributed by atoms with van der Waals surface area (Å²) >= 11 is 0. The minimum Gasteiger partial charge on any atom is -0.459 e. The molecule has 0 N–H and O–H groups in total. The second-order valence-corrected chi connectivity index (χ2v) is 7.24. The number of benzene rings is 1. The number of rotatable bonds is 4. The predicted octanol–water partition coefficient (Wildman–Crippen LogP) is 2.67. The number of nitrogens with zero attached hydrogens (tertiary/aromatic N) is 2. The molecule has 138 valence electrons. The van der Waals surface area contributed by atoms with E-state index in [1.165, 1.54) is 0 Å². The van der Waals surface area contributed by atoms with Crippen molar-refractivity contribution in [3.05, 3.63) is 35.9 Å². The number of hydrogen-bond acceptors (Lipinski definition) is 5. The third-order valence-corrected chi connectivity index (χ3v) is 3.82. The molecule has 0 unspecified atom stereocenters. The lowest BCUT2D eigenvalue weighted by molar-refractivity contribution is -0.156. The Morgan fingerprint density at radius 1 is 1.04 bits per heavy atom. The Morgan fingerprint density at radius 2 is 1.76 bits per heavy atom. The maximum Gasteiger partial charge on any atom is 0.410 e. The lowest BCUT2D eigenvalue weighted by Crippen LogP contribution is -2.38. The molecule has 0 aliphatic carbocycles. The van der Waals surface area contributed by atoms with E-state index in [2.05, 4.69) is 0 Å².